The van der Waals surface area contributed by atoms with E-state index in [-0.39, 0.29) is 23.6 Å². The molecule has 1 saturated carbocycles. The van der Waals surface area contributed by atoms with Gasteiger partial charge in [-0.05, 0) is 32.6 Å². The minimum absolute atomic E-state index is 0.100. The molecular formula is C14H23NO3. The van der Waals surface area contributed by atoms with Crippen molar-refractivity contribution in [1.82, 2.24) is 4.90 Å². The summed E-state index contributed by atoms with van der Waals surface area (Å²) < 4.78 is 6.07. The molecule has 0 aromatic heterocycles. The second-order valence-electron chi connectivity index (χ2n) is 6.26. The van der Waals surface area contributed by atoms with Gasteiger partial charge in [-0.3, -0.25) is 4.79 Å². The van der Waals surface area contributed by atoms with Crippen LogP contribution in [0.2, 0.25) is 0 Å². The quantitative estimate of drug-likeness (QED) is 0.721. The Morgan fingerprint density at radius 1 is 1.39 bits per heavy atom. The fourth-order valence-electron chi connectivity index (χ4n) is 4.05. The van der Waals surface area contributed by atoms with Crippen LogP contribution in [0.15, 0.2) is 0 Å². The van der Waals surface area contributed by atoms with Gasteiger partial charge in [0.1, 0.15) is 5.72 Å². The molecule has 0 radical (unpaired) electrons. The van der Waals surface area contributed by atoms with Crippen LogP contribution in [0.5, 0.6) is 0 Å². The van der Waals surface area contributed by atoms with Gasteiger partial charge in [0, 0.05) is 5.92 Å². The highest BCUT2D eigenvalue weighted by Gasteiger charge is 2.62. The van der Waals surface area contributed by atoms with E-state index in [9.17, 15) is 9.90 Å². The average Bonchev–Trinajstić information content (AvgIpc) is 2.32. The second kappa shape index (κ2) is 4.20. The first-order valence-electron chi connectivity index (χ1n) is 7.22. The summed E-state index contributed by atoms with van der Waals surface area (Å²) in [6, 6.07) is 0.185. The van der Waals surface area contributed by atoms with E-state index >= 15 is 0 Å². The molecule has 3 rings (SSSR count). The molecule has 4 heteroatoms. The molecule has 4 nitrogen and oxygen atoms in total. The Hall–Kier alpha value is -0.610. The maximum atomic E-state index is 12.3. The first-order chi connectivity index (χ1) is 8.57. The van der Waals surface area contributed by atoms with Gasteiger partial charge >= 0.3 is 0 Å². The summed E-state index contributed by atoms with van der Waals surface area (Å²) in [6.45, 7) is 4.57. The van der Waals surface area contributed by atoms with Crippen molar-refractivity contribution in [1.29, 1.82) is 0 Å². The highest BCUT2D eigenvalue weighted by Crippen LogP contribution is 2.49. The zero-order valence-corrected chi connectivity index (χ0v) is 11.3. The van der Waals surface area contributed by atoms with Crippen molar-refractivity contribution >= 4 is 5.91 Å². The van der Waals surface area contributed by atoms with Crippen molar-refractivity contribution in [3.05, 3.63) is 0 Å². The number of hydrogen-bond acceptors (Lipinski definition) is 3. The van der Waals surface area contributed by atoms with E-state index in [1.54, 1.807) is 6.92 Å². The third kappa shape index (κ3) is 1.55. The van der Waals surface area contributed by atoms with Gasteiger partial charge in [-0.25, -0.2) is 0 Å². The Morgan fingerprint density at radius 3 is 2.67 bits per heavy atom. The molecule has 1 N–H and O–H groups in total. The third-order valence-electron chi connectivity index (χ3n) is 4.98. The van der Waals surface area contributed by atoms with Gasteiger partial charge in [0.05, 0.1) is 24.7 Å². The average molecular weight is 253 g/mol. The van der Waals surface area contributed by atoms with Crippen molar-refractivity contribution < 1.29 is 14.6 Å². The number of nitrogens with zero attached hydrogens (tertiary/aromatic N) is 1. The number of hydrogen-bond donors (Lipinski definition) is 1. The van der Waals surface area contributed by atoms with E-state index in [1.165, 1.54) is 6.42 Å². The molecule has 3 aliphatic rings. The van der Waals surface area contributed by atoms with E-state index in [0.717, 1.165) is 32.3 Å². The van der Waals surface area contributed by atoms with Gasteiger partial charge in [-0.15, -0.1) is 0 Å². The lowest BCUT2D eigenvalue weighted by atomic mass is 9.71. The highest BCUT2D eigenvalue weighted by molar-refractivity contribution is 5.87. The molecule has 1 aliphatic carbocycles. The van der Waals surface area contributed by atoms with E-state index in [4.69, 9.17) is 4.74 Å². The zero-order valence-electron chi connectivity index (χ0n) is 11.3. The van der Waals surface area contributed by atoms with Crippen LogP contribution in [0.3, 0.4) is 0 Å². The monoisotopic (exact) mass is 253 g/mol. The number of ether oxygens (including phenoxy) is 1. The molecule has 0 bridgehead atoms. The van der Waals surface area contributed by atoms with E-state index in [1.807, 2.05) is 4.90 Å². The summed E-state index contributed by atoms with van der Waals surface area (Å²) >= 11 is 0. The van der Waals surface area contributed by atoms with Gasteiger partial charge in [0.25, 0.3) is 0 Å². The van der Waals surface area contributed by atoms with Crippen LogP contribution < -0.4 is 0 Å². The minimum Gasteiger partial charge on any atom is -0.393 e. The number of β-lactam (4-membered cyclic amide) rings is 1. The summed E-state index contributed by atoms with van der Waals surface area (Å²) in [5.74, 6) is 0.223. The summed E-state index contributed by atoms with van der Waals surface area (Å²) in [5.41, 5.74) is -0.335. The molecule has 3 fully saturated rings. The van der Waals surface area contributed by atoms with E-state index in [0.29, 0.717) is 5.92 Å². The predicted octanol–water partition coefficient (Wildman–Crippen LogP) is 1.52. The maximum Gasteiger partial charge on any atom is 0.232 e. The van der Waals surface area contributed by atoms with Crippen LogP contribution in [0.1, 0.15) is 46.0 Å². The molecule has 1 amide bonds. The Bertz CT molecular complexity index is 349. The second-order valence-corrected chi connectivity index (χ2v) is 6.26. The molecule has 1 spiro atoms. The summed E-state index contributed by atoms with van der Waals surface area (Å²) in [4.78, 5) is 14.3. The predicted molar refractivity (Wildman–Crippen MR) is 66.7 cm³/mol. The third-order valence-corrected chi connectivity index (χ3v) is 4.98. The first kappa shape index (κ1) is 12.4. The SMILES string of the molecule is CC(O)C1C(=O)N2C1C(C)COC21CCCCC1. The van der Waals surface area contributed by atoms with Crippen molar-refractivity contribution in [2.24, 2.45) is 11.8 Å². The molecule has 0 aromatic carbocycles. The van der Waals surface area contributed by atoms with Gasteiger partial charge in [-0.2, -0.15) is 0 Å². The van der Waals surface area contributed by atoms with Crippen molar-refractivity contribution in [2.75, 3.05) is 6.61 Å². The van der Waals surface area contributed by atoms with Crippen LogP contribution in [-0.4, -0.2) is 40.4 Å². The molecule has 2 heterocycles. The van der Waals surface area contributed by atoms with Gasteiger partial charge in [0.15, 0.2) is 0 Å². The number of aliphatic hydroxyl groups is 1. The Balaban J connectivity index is 1.87. The fourth-order valence-corrected chi connectivity index (χ4v) is 4.05. The standard InChI is InChI=1S/C14H23NO3/c1-9-8-18-14(6-4-3-5-7-14)15-12(9)11(10(2)16)13(15)17/h9-12,16H,3-8H2,1-2H3. The molecule has 4 atom stereocenters. The number of carbonyl (C=O) groups excluding carboxylic acids is 1. The van der Waals surface area contributed by atoms with Crippen LogP contribution in [0.4, 0.5) is 0 Å². The topological polar surface area (TPSA) is 49.8 Å². The van der Waals surface area contributed by atoms with E-state index < -0.39 is 6.10 Å². The van der Waals surface area contributed by atoms with E-state index in [2.05, 4.69) is 6.92 Å². The number of rotatable bonds is 1. The molecule has 0 aromatic rings. The lowest BCUT2D eigenvalue weighted by Gasteiger charge is -2.63. The summed E-state index contributed by atoms with van der Waals surface area (Å²) in [6.07, 6.45) is 4.92. The molecule has 2 aliphatic heterocycles. The first-order valence-corrected chi connectivity index (χ1v) is 7.22. The molecule has 18 heavy (non-hydrogen) atoms. The van der Waals surface area contributed by atoms with Crippen molar-refractivity contribution in [3.8, 4) is 0 Å². The van der Waals surface area contributed by atoms with Gasteiger partial charge in [0.2, 0.25) is 5.91 Å². The molecular weight excluding hydrogens is 230 g/mol. The Labute approximate surface area is 108 Å². The number of aliphatic hydroxyl groups excluding tert-OH is 1. The van der Waals surface area contributed by atoms with Gasteiger partial charge < -0.3 is 14.7 Å². The fraction of sp³-hybridized carbons (Fsp3) is 0.929. The lowest BCUT2D eigenvalue weighted by molar-refractivity contribution is -0.275. The number of carbonyl (C=O) groups is 1. The van der Waals surface area contributed by atoms with Crippen LogP contribution in [0.25, 0.3) is 0 Å². The molecule has 102 valence electrons. The van der Waals surface area contributed by atoms with Crippen LogP contribution in [0, 0.1) is 11.8 Å². The molecule has 4 unspecified atom stereocenters. The Morgan fingerprint density at radius 2 is 2.06 bits per heavy atom. The Kier molecular flexibility index (Phi) is 2.90. The largest absolute Gasteiger partial charge is 0.393 e. The zero-order chi connectivity index (χ0) is 12.9. The number of amides is 1. The maximum absolute atomic E-state index is 12.3. The smallest absolute Gasteiger partial charge is 0.232 e. The highest BCUT2D eigenvalue weighted by atomic mass is 16.5. The summed E-state index contributed by atoms with van der Waals surface area (Å²) in [5, 5.41) is 9.80. The lowest BCUT2D eigenvalue weighted by Crippen LogP contribution is -2.77. The minimum atomic E-state index is -0.542. The van der Waals surface area contributed by atoms with Crippen molar-refractivity contribution in [3.63, 3.8) is 0 Å². The van der Waals surface area contributed by atoms with Crippen molar-refractivity contribution in [2.45, 2.75) is 63.8 Å². The molecule has 2 saturated heterocycles. The van der Waals surface area contributed by atoms with Gasteiger partial charge in [-0.1, -0.05) is 13.3 Å². The van der Waals surface area contributed by atoms with Crippen LogP contribution in [-0.2, 0) is 9.53 Å². The normalized spacial score (nSPS) is 40.3. The summed E-state index contributed by atoms with van der Waals surface area (Å²) in [7, 11) is 0. The van der Waals surface area contributed by atoms with Crippen LogP contribution >= 0.6 is 0 Å². The number of fused-ring (bicyclic) bond motifs is 2.